The number of amides is 1. The standard InChI is InChI=1S/C8H9N5OS/c1-4-7(5(2)12-11-4)8(14)10-6-3-9-13-15-6/h3H,1-2H3,(H,10,14)(H,11,12). The highest BCUT2D eigenvalue weighted by molar-refractivity contribution is 7.10. The lowest BCUT2D eigenvalue weighted by molar-refractivity contribution is 0.102. The molecule has 15 heavy (non-hydrogen) atoms. The summed E-state index contributed by atoms with van der Waals surface area (Å²) in [4.78, 5) is 11.8. The van der Waals surface area contributed by atoms with Crippen LogP contribution < -0.4 is 5.32 Å². The SMILES string of the molecule is Cc1n[nH]c(C)c1C(=O)Nc1cnns1. The van der Waals surface area contributed by atoms with Gasteiger partial charge in [-0.25, -0.2) is 0 Å². The minimum absolute atomic E-state index is 0.190. The molecule has 0 aliphatic carbocycles. The number of aromatic nitrogens is 4. The lowest BCUT2D eigenvalue weighted by atomic mass is 10.2. The van der Waals surface area contributed by atoms with Gasteiger partial charge in [-0.2, -0.15) is 5.10 Å². The third-order valence-electron chi connectivity index (χ3n) is 1.95. The maximum absolute atomic E-state index is 11.8. The van der Waals surface area contributed by atoms with Crippen molar-refractivity contribution in [2.75, 3.05) is 5.32 Å². The zero-order chi connectivity index (χ0) is 10.8. The fraction of sp³-hybridized carbons (Fsp3) is 0.250. The first-order valence-corrected chi connectivity index (χ1v) is 5.06. The molecule has 0 atom stereocenters. The Labute approximate surface area is 89.9 Å². The Balaban J connectivity index is 2.22. The van der Waals surface area contributed by atoms with Crippen molar-refractivity contribution in [2.24, 2.45) is 0 Å². The summed E-state index contributed by atoms with van der Waals surface area (Å²) in [6.45, 7) is 3.59. The molecule has 2 aromatic heterocycles. The van der Waals surface area contributed by atoms with E-state index in [4.69, 9.17) is 0 Å². The maximum atomic E-state index is 11.8. The summed E-state index contributed by atoms with van der Waals surface area (Å²) < 4.78 is 3.65. The number of nitrogens with one attached hydrogen (secondary N) is 2. The molecular weight excluding hydrogens is 214 g/mol. The van der Waals surface area contributed by atoms with E-state index in [1.54, 1.807) is 13.8 Å². The number of carbonyl (C=O) groups is 1. The second-order valence-electron chi connectivity index (χ2n) is 3.04. The summed E-state index contributed by atoms with van der Waals surface area (Å²) in [5.74, 6) is -0.190. The van der Waals surface area contributed by atoms with E-state index in [1.807, 2.05) is 0 Å². The van der Waals surface area contributed by atoms with Crippen LogP contribution in [0.1, 0.15) is 21.7 Å². The van der Waals surface area contributed by atoms with Crippen LogP contribution in [0.25, 0.3) is 0 Å². The van der Waals surface area contributed by atoms with Crippen molar-refractivity contribution >= 4 is 22.4 Å². The van der Waals surface area contributed by atoms with Gasteiger partial charge in [-0.05, 0) is 13.8 Å². The molecule has 0 radical (unpaired) electrons. The molecule has 0 spiro atoms. The molecule has 1 amide bonds. The van der Waals surface area contributed by atoms with Gasteiger partial charge in [0.2, 0.25) is 0 Å². The zero-order valence-electron chi connectivity index (χ0n) is 8.24. The van der Waals surface area contributed by atoms with E-state index in [0.717, 1.165) is 17.2 Å². The predicted molar refractivity (Wildman–Crippen MR) is 55.9 cm³/mol. The van der Waals surface area contributed by atoms with Gasteiger partial charge in [0.1, 0.15) is 5.00 Å². The van der Waals surface area contributed by atoms with Crippen molar-refractivity contribution in [1.82, 2.24) is 19.8 Å². The molecule has 0 bridgehead atoms. The van der Waals surface area contributed by atoms with E-state index in [1.165, 1.54) is 6.20 Å². The number of aryl methyl sites for hydroxylation is 2. The summed E-state index contributed by atoms with van der Waals surface area (Å²) >= 11 is 1.14. The Bertz CT molecular complexity index is 456. The van der Waals surface area contributed by atoms with Gasteiger partial charge < -0.3 is 5.32 Å². The summed E-state index contributed by atoms with van der Waals surface area (Å²) in [6.07, 6.45) is 1.51. The highest BCUT2D eigenvalue weighted by Crippen LogP contribution is 2.14. The molecule has 7 heteroatoms. The Kier molecular flexibility index (Phi) is 2.46. The molecule has 0 aliphatic rings. The molecule has 0 saturated carbocycles. The van der Waals surface area contributed by atoms with Crippen molar-refractivity contribution in [2.45, 2.75) is 13.8 Å². The van der Waals surface area contributed by atoms with Crippen LogP contribution >= 0.6 is 11.5 Å². The van der Waals surface area contributed by atoms with Crippen LogP contribution in [-0.4, -0.2) is 25.7 Å². The molecule has 0 aromatic carbocycles. The number of anilines is 1. The van der Waals surface area contributed by atoms with Gasteiger partial charge >= 0.3 is 0 Å². The fourth-order valence-corrected chi connectivity index (χ4v) is 1.70. The quantitative estimate of drug-likeness (QED) is 0.799. The van der Waals surface area contributed by atoms with Gasteiger partial charge in [-0.1, -0.05) is 4.49 Å². The van der Waals surface area contributed by atoms with Gasteiger partial charge in [0, 0.05) is 17.2 Å². The van der Waals surface area contributed by atoms with E-state index in [-0.39, 0.29) is 5.91 Å². The summed E-state index contributed by atoms with van der Waals surface area (Å²) in [5.41, 5.74) is 2.01. The van der Waals surface area contributed by atoms with Crippen molar-refractivity contribution in [3.8, 4) is 0 Å². The van der Waals surface area contributed by atoms with Crippen molar-refractivity contribution in [3.05, 3.63) is 23.1 Å². The van der Waals surface area contributed by atoms with Gasteiger partial charge in [-0.3, -0.25) is 9.89 Å². The largest absolute Gasteiger partial charge is 0.311 e. The van der Waals surface area contributed by atoms with E-state index in [9.17, 15) is 4.79 Å². The zero-order valence-corrected chi connectivity index (χ0v) is 9.05. The number of rotatable bonds is 2. The van der Waals surface area contributed by atoms with Gasteiger partial charge in [0.25, 0.3) is 5.91 Å². The average molecular weight is 223 g/mol. The maximum Gasteiger partial charge on any atom is 0.260 e. The molecule has 0 fully saturated rings. The third-order valence-corrected chi connectivity index (χ3v) is 2.53. The molecule has 0 aliphatic heterocycles. The summed E-state index contributed by atoms with van der Waals surface area (Å²) in [5, 5.41) is 13.7. The van der Waals surface area contributed by atoms with Crippen LogP contribution in [0.2, 0.25) is 0 Å². The van der Waals surface area contributed by atoms with Gasteiger partial charge in [-0.15, -0.1) is 5.10 Å². The minimum atomic E-state index is -0.190. The number of hydrogen-bond donors (Lipinski definition) is 2. The fourth-order valence-electron chi connectivity index (χ4n) is 1.28. The van der Waals surface area contributed by atoms with Gasteiger partial charge in [0.15, 0.2) is 0 Å². The van der Waals surface area contributed by atoms with E-state index < -0.39 is 0 Å². The lowest BCUT2D eigenvalue weighted by Gasteiger charge is -2.00. The Morgan fingerprint density at radius 2 is 2.33 bits per heavy atom. The molecule has 6 nitrogen and oxygen atoms in total. The number of hydrogen-bond acceptors (Lipinski definition) is 5. The van der Waals surface area contributed by atoms with Crippen molar-refractivity contribution in [3.63, 3.8) is 0 Å². The summed E-state index contributed by atoms with van der Waals surface area (Å²) in [7, 11) is 0. The topological polar surface area (TPSA) is 83.6 Å². The molecule has 2 heterocycles. The van der Waals surface area contributed by atoms with E-state index >= 15 is 0 Å². The highest BCUT2D eigenvalue weighted by Gasteiger charge is 2.15. The Morgan fingerprint density at radius 3 is 2.87 bits per heavy atom. The number of carbonyl (C=O) groups excluding carboxylic acids is 1. The van der Waals surface area contributed by atoms with Crippen LogP contribution in [0, 0.1) is 13.8 Å². The third kappa shape index (κ3) is 1.86. The van der Waals surface area contributed by atoms with E-state index in [0.29, 0.717) is 16.3 Å². The molecule has 0 saturated heterocycles. The van der Waals surface area contributed by atoms with Crippen LogP contribution in [0.15, 0.2) is 6.20 Å². The Morgan fingerprint density at radius 1 is 1.53 bits per heavy atom. The average Bonchev–Trinajstić information content (AvgIpc) is 2.77. The molecule has 2 aromatic rings. The van der Waals surface area contributed by atoms with Crippen LogP contribution in [0.5, 0.6) is 0 Å². The number of aromatic amines is 1. The van der Waals surface area contributed by atoms with Crippen molar-refractivity contribution < 1.29 is 4.79 Å². The second-order valence-corrected chi connectivity index (χ2v) is 3.83. The first-order chi connectivity index (χ1) is 7.18. The first kappa shape index (κ1) is 9.78. The van der Waals surface area contributed by atoms with E-state index in [2.05, 4.69) is 25.1 Å². The predicted octanol–water partition coefficient (Wildman–Crippen LogP) is 1.13. The lowest BCUT2D eigenvalue weighted by Crippen LogP contribution is -2.12. The summed E-state index contributed by atoms with van der Waals surface area (Å²) in [6, 6.07) is 0. The normalized spacial score (nSPS) is 10.3. The van der Waals surface area contributed by atoms with Crippen LogP contribution in [-0.2, 0) is 0 Å². The minimum Gasteiger partial charge on any atom is -0.311 e. The number of H-pyrrole nitrogens is 1. The molecule has 78 valence electrons. The smallest absolute Gasteiger partial charge is 0.260 e. The molecular formula is C8H9N5OS. The first-order valence-electron chi connectivity index (χ1n) is 4.28. The molecule has 2 N–H and O–H groups in total. The highest BCUT2D eigenvalue weighted by atomic mass is 32.1. The van der Waals surface area contributed by atoms with Crippen LogP contribution in [0.4, 0.5) is 5.00 Å². The van der Waals surface area contributed by atoms with Crippen LogP contribution in [0.3, 0.4) is 0 Å². The van der Waals surface area contributed by atoms with Crippen molar-refractivity contribution in [1.29, 1.82) is 0 Å². The second kappa shape index (κ2) is 3.77. The van der Waals surface area contributed by atoms with Gasteiger partial charge in [0.05, 0.1) is 17.5 Å². The monoisotopic (exact) mass is 223 g/mol. The molecule has 2 rings (SSSR count). The number of nitrogens with zero attached hydrogens (tertiary/aromatic N) is 3. The Hall–Kier alpha value is -1.76. The molecule has 0 unspecified atom stereocenters.